The van der Waals surface area contributed by atoms with Crippen LogP contribution in [0.5, 0.6) is 0 Å². The minimum Gasteiger partial charge on any atom is -0.466 e. The maximum Gasteiger partial charge on any atom is 0.310 e. The highest BCUT2D eigenvalue weighted by Gasteiger charge is 2.28. The summed E-state index contributed by atoms with van der Waals surface area (Å²) in [6.07, 6.45) is 1.89. The van der Waals surface area contributed by atoms with Crippen molar-refractivity contribution in [2.75, 3.05) is 19.7 Å². The Balaban J connectivity index is 1.93. The second kappa shape index (κ2) is 6.56. The van der Waals surface area contributed by atoms with Gasteiger partial charge in [0, 0.05) is 12.0 Å². The van der Waals surface area contributed by atoms with Crippen LogP contribution in [0.2, 0.25) is 0 Å². The summed E-state index contributed by atoms with van der Waals surface area (Å²) in [5, 5.41) is 4.03. The summed E-state index contributed by atoms with van der Waals surface area (Å²) in [7, 11) is 0. The molecule has 0 aromatic carbocycles. The molecule has 2 rings (SSSR count). The molecule has 2 heterocycles. The molecule has 0 unspecified atom stereocenters. The Morgan fingerprint density at radius 1 is 1.48 bits per heavy atom. The van der Waals surface area contributed by atoms with Gasteiger partial charge in [-0.3, -0.25) is 9.69 Å². The predicted molar refractivity (Wildman–Crippen MR) is 77.6 cm³/mol. The van der Waals surface area contributed by atoms with Gasteiger partial charge in [0.2, 0.25) is 5.89 Å². The van der Waals surface area contributed by atoms with Gasteiger partial charge in [-0.05, 0) is 26.3 Å². The highest BCUT2D eigenvalue weighted by atomic mass is 16.5. The Morgan fingerprint density at radius 2 is 2.24 bits per heavy atom. The molecule has 1 aliphatic heterocycles. The third-order valence-corrected chi connectivity index (χ3v) is 3.62. The monoisotopic (exact) mass is 295 g/mol. The average Bonchev–Trinajstić information content (AvgIpc) is 2.88. The van der Waals surface area contributed by atoms with Crippen molar-refractivity contribution in [2.45, 2.75) is 52.5 Å². The van der Waals surface area contributed by atoms with E-state index < -0.39 is 0 Å². The molecule has 0 radical (unpaired) electrons. The smallest absolute Gasteiger partial charge is 0.310 e. The van der Waals surface area contributed by atoms with Gasteiger partial charge in [0.1, 0.15) is 0 Å². The number of nitrogens with zero attached hydrogens (tertiary/aromatic N) is 3. The van der Waals surface area contributed by atoms with Crippen LogP contribution < -0.4 is 0 Å². The van der Waals surface area contributed by atoms with Crippen LogP contribution in [0, 0.1) is 5.92 Å². The first-order valence-electron chi connectivity index (χ1n) is 7.62. The standard InChI is InChI=1S/C15H25N3O3/c1-5-20-13(19)11-7-6-8-18(9-11)10-12-16-14(17-21-12)15(2,3)4/h11H,5-10H2,1-4H3/t11-/m0/s1. The number of hydrogen-bond acceptors (Lipinski definition) is 6. The van der Waals surface area contributed by atoms with E-state index in [0.717, 1.165) is 25.2 Å². The Labute approximate surface area is 125 Å². The van der Waals surface area contributed by atoms with Crippen molar-refractivity contribution in [3.63, 3.8) is 0 Å². The molecular weight excluding hydrogens is 270 g/mol. The third-order valence-electron chi connectivity index (χ3n) is 3.62. The molecule has 1 atom stereocenters. The van der Waals surface area contributed by atoms with E-state index in [0.29, 0.717) is 25.6 Å². The molecule has 1 saturated heterocycles. The highest BCUT2D eigenvalue weighted by molar-refractivity contribution is 5.72. The summed E-state index contributed by atoms with van der Waals surface area (Å²) >= 11 is 0. The lowest BCUT2D eigenvalue weighted by atomic mass is 9.96. The van der Waals surface area contributed by atoms with Crippen LogP contribution in [-0.4, -0.2) is 40.7 Å². The summed E-state index contributed by atoms with van der Waals surface area (Å²) in [5.74, 6) is 1.20. The van der Waals surface area contributed by atoms with E-state index in [1.54, 1.807) is 0 Å². The van der Waals surface area contributed by atoms with Crippen LogP contribution in [0.25, 0.3) is 0 Å². The zero-order valence-corrected chi connectivity index (χ0v) is 13.4. The molecule has 1 fully saturated rings. The minimum atomic E-state index is -0.114. The van der Waals surface area contributed by atoms with Crippen LogP contribution in [0.4, 0.5) is 0 Å². The molecule has 118 valence electrons. The molecule has 0 spiro atoms. The first-order valence-corrected chi connectivity index (χ1v) is 7.62. The molecule has 1 aromatic heterocycles. The average molecular weight is 295 g/mol. The van der Waals surface area contributed by atoms with E-state index in [1.165, 1.54) is 0 Å². The molecule has 1 aliphatic rings. The van der Waals surface area contributed by atoms with Crippen molar-refractivity contribution in [1.29, 1.82) is 0 Å². The summed E-state index contributed by atoms with van der Waals surface area (Å²) < 4.78 is 10.4. The maximum absolute atomic E-state index is 11.8. The fourth-order valence-corrected chi connectivity index (χ4v) is 2.47. The van der Waals surface area contributed by atoms with Crippen molar-refractivity contribution >= 4 is 5.97 Å². The van der Waals surface area contributed by atoms with Crippen molar-refractivity contribution < 1.29 is 14.1 Å². The molecule has 0 aliphatic carbocycles. The molecule has 0 amide bonds. The molecule has 0 saturated carbocycles. The lowest BCUT2D eigenvalue weighted by molar-refractivity contribution is -0.150. The number of carbonyl (C=O) groups excluding carboxylic acids is 1. The third kappa shape index (κ3) is 4.27. The SMILES string of the molecule is CCOC(=O)[C@H]1CCCN(Cc2nc(C(C)(C)C)no2)C1. The summed E-state index contributed by atoms with van der Waals surface area (Å²) in [6.45, 7) is 10.7. The molecule has 6 heteroatoms. The normalized spacial score (nSPS) is 20.5. The van der Waals surface area contributed by atoms with Gasteiger partial charge in [-0.1, -0.05) is 25.9 Å². The number of rotatable bonds is 4. The zero-order chi connectivity index (χ0) is 15.5. The summed E-state index contributed by atoms with van der Waals surface area (Å²) in [4.78, 5) is 18.5. The van der Waals surface area contributed by atoms with E-state index in [-0.39, 0.29) is 17.3 Å². The molecule has 0 N–H and O–H groups in total. The van der Waals surface area contributed by atoms with E-state index in [2.05, 4.69) is 35.8 Å². The zero-order valence-electron chi connectivity index (χ0n) is 13.4. The lowest BCUT2D eigenvalue weighted by Gasteiger charge is -2.30. The number of aromatic nitrogens is 2. The second-order valence-corrected chi connectivity index (χ2v) is 6.59. The molecule has 6 nitrogen and oxygen atoms in total. The van der Waals surface area contributed by atoms with Gasteiger partial charge in [-0.2, -0.15) is 4.98 Å². The lowest BCUT2D eigenvalue weighted by Crippen LogP contribution is -2.39. The molecule has 1 aromatic rings. The first kappa shape index (κ1) is 15.9. The number of esters is 1. The van der Waals surface area contributed by atoms with Crippen LogP contribution >= 0.6 is 0 Å². The van der Waals surface area contributed by atoms with Gasteiger partial charge in [0.15, 0.2) is 5.82 Å². The van der Waals surface area contributed by atoms with E-state index >= 15 is 0 Å². The number of hydrogen-bond donors (Lipinski definition) is 0. The minimum absolute atomic E-state index is 0.0382. The summed E-state index contributed by atoms with van der Waals surface area (Å²) in [5.41, 5.74) is -0.114. The largest absolute Gasteiger partial charge is 0.466 e. The number of carbonyl (C=O) groups is 1. The van der Waals surface area contributed by atoms with Crippen LogP contribution in [-0.2, 0) is 21.5 Å². The van der Waals surface area contributed by atoms with Gasteiger partial charge < -0.3 is 9.26 Å². The van der Waals surface area contributed by atoms with Crippen LogP contribution in [0.15, 0.2) is 4.52 Å². The van der Waals surface area contributed by atoms with Crippen LogP contribution in [0.3, 0.4) is 0 Å². The highest BCUT2D eigenvalue weighted by Crippen LogP contribution is 2.21. The second-order valence-electron chi connectivity index (χ2n) is 6.59. The Morgan fingerprint density at radius 3 is 2.86 bits per heavy atom. The topological polar surface area (TPSA) is 68.5 Å². The van der Waals surface area contributed by atoms with Gasteiger partial charge in [-0.15, -0.1) is 0 Å². The van der Waals surface area contributed by atoms with Gasteiger partial charge >= 0.3 is 5.97 Å². The fourth-order valence-electron chi connectivity index (χ4n) is 2.47. The van der Waals surface area contributed by atoms with Crippen molar-refractivity contribution in [3.05, 3.63) is 11.7 Å². The van der Waals surface area contributed by atoms with Gasteiger partial charge in [-0.25, -0.2) is 0 Å². The quantitative estimate of drug-likeness (QED) is 0.793. The van der Waals surface area contributed by atoms with Gasteiger partial charge in [0.25, 0.3) is 0 Å². The molecule has 0 bridgehead atoms. The number of likely N-dealkylation sites (tertiary alicyclic amines) is 1. The first-order chi connectivity index (χ1) is 9.90. The fraction of sp³-hybridized carbons (Fsp3) is 0.800. The number of piperidine rings is 1. The van der Waals surface area contributed by atoms with Crippen molar-refractivity contribution in [1.82, 2.24) is 15.0 Å². The van der Waals surface area contributed by atoms with E-state index in [9.17, 15) is 4.79 Å². The molecular formula is C15H25N3O3. The van der Waals surface area contributed by atoms with E-state index in [1.807, 2.05) is 6.92 Å². The Kier molecular flexibility index (Phi) is 4.98. The molecule has 21 heavy (non-hydrogen) atoms. The Hall–Kier alpha value is -1.43. The van der Waals surface area contributed by atoms with Crippen LogP contribution in [0.1, 0.15) is 52.3 Å². The summed E-state index contributed by atoms with van der Waals surface area (Å²) in [6, 6.07) is 0. The predicted octanol–water partition coefficient (Wildman–Crippen LogP) is 2.14. The van der Waals surface area contributed by atoms with Crippen molar-refractivity contribution in [2.24, 2.45) is 5.92 Å². The number of ether oxygens (including phenoxy) is 1. The Bertz CT molecular complexity index is 479. The van der Waals surface area contributed by atoms with E-state index in [4.69, 9.17) is 9.26 Å². The van der Waals surface area contributed by atoms with Crippen molar-refractivity contribution in [3.8, 4) is 0 Å². The maximum atomic E-state index is 11.8. The van der Waals surface area contributed by atoms with Gasteiger partial charge in [0.05, 0.1) is 19.1 Å².